The summed E-state index contributed by atoms with van der Waals surface area (Å²) in [5, 5.41) is 12.2. The van der Waals surface area contributed by atoms with Crippen LogP contribution in [0.25, 0.3) is 0 Å². The van der Waals surface area contributed by atoms with Crippen LogP contribution >= 0.6 is 11.6 Å². The zero-order chi connectivity index (χ0) is 13.3. The maximum Gasteiger partial charge on any atom is 0.307 e. The van der Waals surface area contributed by atoms with Gasteiger partial charge in [0.25, 0.3) is 0 Å². The Kier molecular flexibility index (Phi) is 3.57. The molecule has 5 heteroatoms. The second kappa shape index (κ2) is 4.98. The number of carboxylic acid groups (broad SMARTS) is 1. The lowest BCUT2D eigenvalue weighted by Gasteiger charge is -2.14. The van der Waals surface area contributed by atoms with Crippen molar-refractivity contribution in [1.82, 2.24) is 5.32 Å². The van der Waals surface area contributed by atoms with Crippen molar-refractivity contribution in [1.29, 1.82) is 0 Å². The van der Waals surface area contributed by atoms with Gasteiger partial charge in [-0.05, 0) is 31.0 Å². The summed E-state index contributed by atoms with van der Waals surface area (Å²) in [7, 11) is 0. The number of halogens is 1. The molecule has 1 aromatic carbocycles. The van der Waals surface area contributed by atoms with Crippen LogP contribution in [0.2, 0.25) is 5.02 Å². The normalized spacial score (nSPS) is 23.2. The molecule has 2 N–H and O–H groups in total. The van der Waals surface area contributed by atoms with Gasteiger partial charge in [0.05, 0.1) is 17.9 Å². The van der Waals surface area contributed by atoms with Crippen LogP contribution in [-0.2, 0) is 9.59 Å². The molecule has 0 aromatic heterocycles. The molecule has 0 spiro atoms. The first-order valence-corrected chi connectivity index (χ1v) is 6.15. The highest BCUT2D eigenvalue weighted by Crippen LogP contribution is 2.39. The number of rotatable bonds is 4. The van der Waals surface area contributed by atoms with E-state index in [2.05, 4.69) is 5.32 Å². The van der Waals surface area contributed by atoms with Crippen molar-refractivity contribution >= 4 is 23.5 Å². The summed E-state index contributed by atoms with van der Waals surface area (Å²) < 4.78 is 0. The standard InChI is InChI=1S/C13H14ClNO3/c1-7(8-3-2-4-9(14)5-8)15-12(16)10-6-11(10)13(17)18/h2-5,7,10-11H,6H2,1H3,(H,15,16)(H,17,18)/t7-,10+,11-/m0/s1. The first-order valence-electron chi connectivity index (χ1n) is 5.77. The average molecular weight is 268 g/mol. The van der Waals surface area contributed by atoms with Crippen molar-refractivity contribution < 1.29 is 14.7 Å². The van der Waals surface area contributed by atoms with Gasteiger partial charge >= 0.3 is 5.97 Å². The van der Waals surface area contributed by atoms with Crippen molar-refractivity contribution in [2.75, 3.05) is 0 Å². The molecule has 2 rings (SSSR count). The molecule has 0 radical (unpaired) electrons. The highest BCUT2D eigenvalue weighted by Gasteiger charge is 2.48. The van der Waals surface area contributed by atoms with E-state index in [-0.39, 0.29) is 17.9 Å². The van der Waals surface area contributed by atoms with Crippen LogP contribution in [0.1, 0.15) is 24.9 Å². The van der Waals surface area contributed by atoms with Crippen LogP contribution in [0.15, 0.2) is 24.3 Å². The number of amides is 1. The highest BCUT2D eigenvalue weighted by atomic mass is 35.5. The lowest BCUT2D eigenvalue weighted by Crippen LogP contribution is -2.29. The van der Waals surface area contributed by atoms with Gasteiger partial charge in [0, 0.05) is 5.02 Å². The van der Waals surface area contributed by atoms with Crippen molar-refractivity contribution in [3.8, 4) is 0 Å². The number of aliphatic carboxylic acids is 1. The Balaban J connectivity index is 1.94. The van der Waals surface area contributed by atoms with E-state index in [0.29, 0.717) is 11.4 Å². The molecule has 3 atom stereocenters. The molecule has 0 heterocycles. The van der Waals surface area contributed by atoms with Gasteiger partial charge in [0.15, 0.2) is 0 Å². The third-order valence-electron chi connectivity index (χ3n) is 3.15. The van der Waals surface area contributed by atoms with Crippen molar-refractivity contribution in [2.24, 2.45) is 11.8 Å². The van der Waals surface area contributed by atoms with Gasteiger partial charge in [-0.15, -0.1) is 0 Å². The molecule has 4 nitrogen and oxygen atoms in total. The zero-order valence-electron chi connectivity index (χ0n) is 9.89. The molecule has 0 bridgehead atoms. The van der Waals surface area contributed by atoms with Gasteiger partial charge in [-0.2, -0.15) is 0 Å². The van der Waals surface area contributed by atoms with Crippen LogP contribution in [0.3, 0.4) is 0 Å². The monoisotopic (exact) mass is 267 g/mol. The second-order valence-electron chi connectivity index (χ2n) is 4.57. The van der Waals surface area contributed by atoms with E-state index in [0.717, 1.165) is 5.56 Å². The smallest absolute Gasteiger partial charge is 0.307 e. The zero-order valence-corrected chi connectivity index (χ0v) is 10.6. The van der Waals surface area contributed by atoms with E-state index in [9.17, 15) is 9.59 Å². The van der Waals surface area contributed by atoms with E-state index < -0.39 is 11.9 Å². The SMILES string of the molecule is C[C@H](NC(=O)[C@@H]1C[C@@H]1C(=O)O)c1cccc(Cl)c1. The summed E-state index contributed by atoms with van der Waals surface area (Å²) >= 11 is 5.87. The van der Waals surface area contributed by atoms with E-state index in [1.165, 1.54) is 0 Å². The molecule has 0 unspecified atom stereocenters. The number of carboxylic acids is 1. The molecular formula is C13H14ClNO3. The Labute approximate surface area is 110 Å². The van der Waals surface area contributed by atoms with Gasteiger partial charge in [-0.25, -0.2) is 0 Å². The lowest BCUT2D eigenvalue weighted by molar-refractivity contribution is -0.140. The Hall–Kier alpha value is -1.55. The predicted octanol–water partition coefficient (Wildman–Crippen LogP) is 2.24. The van der Waals surface area contributed by atoms with Crippen LogP contribution in [-0.4, -0.2) is 17.0 Å². The average Bonchev–Trinajstić information content (AvgIpc) is 3.08. The van der Waals surface area contributed by atoms with Crippen LogP contribution in [0, 0.1) is 11.8 Å². The number of carbonyl (C=O) groups excluding carboxylic acids is 1. The topological polar surface area (TPSA) is 66.4 Å². The maximum atomic E-state index is 11.8. The summed E-state index contributed by atoms with van der Waals surface area (Å²) in [5.41, 5.74) is 0.906. The minimum absolute atomic E-state index is 0.175. The lowest BCUT2D eigenvalue weighted by atomic mass is 10.1. The van der Waals surface area contributed by atoms with Crippen LogP contribution < -0.4 is 5.32 Å². The van der Waals surface area contributed by atoms with E-state index in [1.807, 2.05) is 19.1 Å². The minimum Gasteiger partial charge on any atom is -0.481 e. The van der Waals surface area contributed by atoms with E-state index in [4.69, 9.17) is 16.7 Å². The van der Waals surface area contributed by atoms with E-state index >= 15 is 0 Å². The third kappa shape index (κ3) is 2.82. The fraction of sp³-hybridized carbons (Fsp3) is 0.385. The molecule has 1 aromatic rings. The summed E-state index contributed by atoms with van der Waals surface area (Å²) in [4.78, 5) is 22.5. The van der Waals surface area contributed by atoms with Gasteiger partial charge < -0.3 is 10.4 Å². The molecule has 1 amide bonds. The number of hydrogen-bond acceptors (Lipinski definition) is 2. The Morgan fingerprint density at radius 2 is 2.17 bits per heavy atom. The summed E-state index contributed by atoms with van der Waals surface area (Å²) in [6.45, 7) is 1.85. The van der Waals surface area contributed by atoms with Crippen LogP contribution in [0.5, 0.6) is 0 Å². The Bertz CT molecular complexity index is 489. The third-order valence-corrected chi connectivity index (χ3v) is 3.39. The Morgan fingerprint density at radius 1 is 1.44 bits per heavy atom. The quantitative estimate of drug-likeness (QED) is 0.879. The van der Waals surface area contributed by atoms with Crippen molar-refractivity contribution in [3.63, 3.8) is 0 Å². The molecular weight excluding hydrogens is 254 g/mol. The van der Waals surface area contributed by atoms with Gasteiger partial charge in [0.2, 0.25) is 5.91 Å². The molecule has 1 aliphatic carbocycles. The highest BCUT2D eigenvalue weighted by molar-refractivity contribution is 6.30. The first kappa shape index (κ1) is 12.9. The number of hydrogen-bond donors (Lipinski definition) is 2. The van der Waals surface area contributed by atoms with Gasteiger partial charge in [-0.1, -0.05) is 23.7 Å². The van der Waals surface area contributed by atoms with Gasteiger partial charge in [0.1, 0.15) is 0 Å². The fourth-order valence-corrected chi connectivity index (χ4v) is 2.14. The second-order valence-corrected chi connectivity index (χ2v) is 5.01. The molecule has 18 heavy (non-hydrogen) atoms. The molecule has 1 fully saturated rings. The molecule has 1 aliphatic rings. The van der Waals surface area contributed by atoms with E-state index in [1.54, 1.807) is 12.1 Å². The van der Waals surface area contributed by atoms with Gasteiger partial charge in [-0.3, -0.25) is 9.59 Å². The first-order chi connectivity index (χ1) is 8.49. The number of carbonyl (C=O) groups is 2. The molecule has 1 saturated carbocycles. The van der Waals surface area contributed by atoms with Crippen molar-refractivity contribution in [2.45, 2.75) is 19.4 Å². The summed E-state index contributed by atoms with van der Waals surface area (Å²) in [6.07, 6.45) is 0.434. The van der Waals surface area contributed by atoms with Crippen LogP contribution in [0.4, 0.5) is 0 Å². The number of nitrogens with one attached hydrogen (secondary N) is 1. The molecule has 0 aliphatic heterocycles. The summed E-state index contributed by atoms with van der Waals surface area (Å²) in [6, 6.07) is 7.07. The summed E-state index contributed by atoms with van der Waals surface area (Å²) in [5.74, 6) is -2.00. The molecule has 96 valence electrons. The van der Waals surface area contributed by atoms with Crippen molar-refractivity contribution in [3.05, 3.63) is 34.9 Å². The predicted molar refractivity (Wildman–Crippen MR) is 67.2 cm³/mol. The maximum absolute atomic E-state index is 11.8. The number of benzene rings is 1. The molecule has 0 saturated heterocycles. The fourth-order valence-electron chi connectivity index (χ4n) is 1.94. The minimum atomic E-state index is -0.898. The largest absolute Gasteiger partial charge is 0.481 e. The Morgan fingerprint density at radius 3 is 2.72 bits per heavy atom.